The van der Waals surface area contributed by atoms with Crippen molar-refractivity contribution < 1.29 is 14.4 Å². The predicted molar refractivity (Wildman–Crippen MR) is 151 cm³/mol. The van der Waals surface area contributed by atoms with E-state index >= 15 is 0 Å². The largest absolute Gasteiger partial charge is 0.368 e. The predicted octanol–water partition coefficient (Wildman–Crippen LogP) is 4.16. The number of fused-ring (bicyclic) bond motifs is 3. The number of halogens is 1. The van der Waals surface area contributed by atoms with Gasteiger partial charge in [0.05, 0.1) is 6.42 Å². The maximum Gasteiger partial charge on any atom is 0.246 e. The third kappa shape index (κ3) is 5.73. The molecule has 4 rings (SSSR count). The average Bonchev–Trinajstić information content (AvgIpc) is 3.15. The monoisotopic (exact) mass is 536 g/mol. The molecule has 3 amide bonds. The molecule has 0 radical (unpaired) electrons. The summed E-state index contributed by atoms with van der Waals surface area (Å²) in [6, 6.07) is 14.5. The van der Waals surface area contributed by atoms with Crippen LogP contribution in [0, 0.1) is 11.8 Å². The minimum absolute atomic E-state index is 0.109. The van der Waals surface area contributed by atoms with E-state index in [2.05, 4.69) is 41.2 Å². The van der Waals surface area contributed by atoms with Crippen LogP contribution < -0.4 is 16.4 Å². The number of hydrogen-bond acceptors (Lipinski definition) is 3. The maximum absolute atomic E-state index is 13.9. The molecule has 8 heteroatoms. The van der Waals surface area contributed by atoms with Crippen LogP contribution in [-0.4, -0.2) is 33.9 Å². The summed E-state index contributed by atoms with van der Waals surface area (Å²) >= 11 is 6.00. The molecule has 38 heavy (non-hydrogen) atoms. The Morgan fingerprint density at radius 1 is 1.05 bits per heavy atom. The highest BCUT2D eigenvalue weighted by Gasteiger charge is 2.45. The van der Waals surface area contributed by atoms with Crippen LogP contribution in [0.5, 0.6) is 0 Å². The molecule has 1 aliphatic rings. The van der Waals surface area contributed by atoms with Gasteiger partial charge in [-0.1, -0.05) is 69.6 Å². The highest BCUT2D eigenvalue weighted by Crippen LogP contribution is 2.37. The summed E-state index contributed by atoms with van der Waals surface area (Å²) in [5.74, 6) is -0.986. The number of carbonyl (C=O) groups is 3. The summed E-state index contributed by atoms with van der Waals surface area (Å²) in [7, 11) is 0. The normalized spacial score (nSPS) is 17.9. The Labute approximate surface area is 229 Å². The summed E-state index contributed by atoms with van der Waals surface area (Å²) in [5.41, 5.74) is 8.59. The van der Waals surface area contributed by atoms with Crippen molar-refractivity contribution in [1.82, 2.24) is 15.2 Å². The van der Waals surface area contributed by atoms with Gasteiger partial charge in [0.25, 0.3) is 0 Å². The zero-order valence-corrected chi connectivity index (χ0v) is 23.3. The molecule has 202 valence electrons. The van der Waals surface area contributed by atoms with E-state index in [-0.39, 0.29) is 24.2 Å². The molecule has 3 aromatic rings. The molecule has 0 fully saturated rings. The lowest BCUT2D eigenvalue weighted by molar-refractivity contribution is -0.136. The van der Waals surface area contributed by atoms with Crippen LogP contribution in [0.25, 0.3) is 10.9 Å². The molecule has 0 spiro atoms. The number of aromatic nitrogens is 1. The first kappa shape index (κ1) is 27.7. The molecule has 1 aromatic heterocycles. The van der Waals surface area contributed by atoms with Crippen LogP contribution in [0.3, 0.4) is 0 Å². The Morgan fingerprint density at radius 3 is 2.37 bits per heavy atom. The number of para-hydroxylation sites is 1. The summed E-state index contributed by atoms with van der Waals surface area (Å²) in [6.45, 7) is 8.91. The van der Waals surface area contributed by atoms with Crippen LogP contribution in [0.2, 0.25) is 5.02 Å². The molecule has 2 atom stereocenters. The second kappa shape index (κ2) is 11.2. The highest BCUT2D eigenvalue weighted by atomic mass is 35.5. The number of nitrogens with zero attached hydrogens (tertiary/aromatic N) is 1. The molecule has 0 bridgehead atoms. The van der Waals surface area contributed by atoms with Gasteiger partial charge < -0.3 is 20.9 Å². The van der Waals surface area contributed by atoms with E-state index in [1.54, 1.807) is 24.3 Å². The zero-order valence-electron chi connectivity index (χ0n) is 22.5. The molecule has 1 heterocycles. The fourth-order valence-electron chi connectivity index (χ4n) is 5.51. The molecule has 1 aliphatic carbocycles. The van der Waals surface area contributed by atoms with Crippen molar-refractivity contribution in [3.8, 4) is 0 Å². The number of benzene rings is 2. The Bertz CT molecular complexity index is 1350. The maximum atomic E-state index is 13.9. The first-order chi connectivity index (χ1) is 18.0. The molecule has 0 saturated heterocycles. The van der Waals surface area contributed by atoms with Crippen LogP contribution in [0.1, 0.15) is 50.9 Å². The van der Waals surface area contributed by atoms with Crippen LogP contribution in [0.15, 0.2) is 48.5 Å². The van der Waals surface area contributed by atoms with Crippen LogP contribution >= 0.6 is 11.6 Å². The lowest BCUT2D eigenvalue weighted by Gasteiger charge is -2.38. The third-order valence-corrected chi connectivity index (χ3v) is 7.61. The van der Waals surface area contributed by atoms with Gasteiger partial charge in [0, 0.05) is 34.6 Å². The lowest BCUT2D eigenvalue weighted by Crippen LogP contribution is -2.64. The van der Waals surface area contributed by atoms with Gasteiger partial charge in [-0.3, -0.25) is 14.4 Å². The third-order valence-electron chi connectivity index (χ3n) is 7.36. The van der Waals surface area contributed by atoms with Gasteiger partial charge >= 0.3 is 0 Å². The lowest BCUT2D eigenvalue weighted by atomic mass is 9.78. The minimum Gasteiger partial charge on any atom is -0.368 e. The molecule has 0 saturated carbocycles. The standard InChI is InChI=1S/C30H37ClN4O3/c1-18(2)17-35-24-8-6-5-7-22(24)23-16-30(14-13-25(23)35,29(38)33-27(19(3)4)28(32)37)34-26(36)15-20-9-11-21(31)12-10-20/h5-12,18-19,27H,13-17H2,1-4H3,(H2,32,37)(H,33,38)(H,34,36)/t27-,30+/m0/s1. The Hall–Kier alpha value is -3.32. The van der Waals surface area contributed by atoms with Gasteiger partial charge in [-0.25, -0.2) is 0 Å². The summed E-state index contributed by atoms with van der Waals surface area (Å²) < 4.78 is 2.35. The molecular weight excluding hydrogens is 500 g/mol. The molecule has 7 nitrogen and oxygen atoms in total. The molecule has 0 aliphatic heterocycles. The van der Waals surface area contributed by atoms with Crippen molar-refractivity contribution in [1.29, 1.82) is 0 Å². The van der Waals surface area contributed by atoms with Crippen molar-refractivity contribution in [3.63, 3.8) is 0 Å². The minimum atomic E-state index is -1.22. The number of amides is 3. The second-order valence-corrected chi connectivity index (χ2v) is 11.6. The van der Waals surface area contributed by atoms with Crippen molar-refractivity contribution in [3.05, 3.63) is 70.4 Å². The van der Waals surface area contributed by atoms with Gasteiger partial charge in [0.1, 0.15) is 11.6 Å². The van der Waals surface area contributed by atoms with Crippen LogP contribution in [-0.2, 0) is 40.2 Å². The zero-order chi connectivity index (χ0) is 27.6. The van der Waals surface area contributed by atoms with E-state index in [1.165, 1.54) is 5.69 Å². The second-order valence-electron chi connectivity index (χ2n) is 11.2. The average molecular weight is 537 g/mol. The van der Waals surface area contributed by atoms with Crippen molar-refractivity contribution in [2.45, 2.75) is 71.5 Å². The van der Waals surface area contributed by atoms with Crippen LogP contribution in [0.4, 0.5) is 0 Å². The van der Waals surface area contributed by atoms with Crippen molar-refractivity contribution in [2.24, 2.45) is 17.6 Å². The summed E-state index contributed by atoms with van der Waals surface area (Å²) in [5, 5.41) is 7.63. The molecule has 2 aromatic carbocycles. The summed E-state index contributed by atoms with van der Waals surface area (Å²) in [6.07, 6.45) is 1.47. The quantitative estimate of drug-likeness (QED) is 0.382. The van der Waals surface area contributed by atoms with E-state index in [0.717, 1.165) is 28.6 Å². The number of nitrogens with one attached hydrogen (secondary N) is 2. The topological polar surface area (TPSA) is 106 Å². The molecule has 0 unspecified atom stereocenters. The Kier molecular flexibility index (Phi) is 8.16. The molecule has 4 N–H and O–H groups in total. The van der Waals surface area contributed by atoms with E-state index in [0.29, 0.717) is 30.2 Å². The van der Waals surface area contributed by atoms with Crippen molar-refractivity contribution >= 4 is 40.2 Å². The summed E-state index contributed by atoms with van der Waals surface area (Å²) in [4.78, 5) is 39.4. The highest BCUT2D eigenvalue weighted by molar-refractivity contribution is 6.30. The number of primary amides is 1. The number of nitrogens with two attached hydrogens (primary N) is 1. The molecular formula is C30H37ClN4O3. The van der Waals surface area contributed by atoms with Crippen molar-refractivity contribution in [2.75, 3.05) is 0 Å². The Balaban J connectivity index is 1.73. The Morgan fingerprint density at radius 2 is 1.74 bits per heavy atom. The van der Waals surface area contributed by atoms with E-state index in [9.17, 15) is 14.4 Å². The van der Waals surface area contributed by atoms with Gasteiger partial charge in [-0.2, -0.15) is 0 Å². The fourth-order valence-corrected chi connectivity index (χ4v) is 5.63. The fraction of sp³-hybridized carbons (Fsp3) is 0.433. The van der Waals surface area contributed by atoms with E-state index in [1.807, 2.05) is 26.0 Å². The number of hydrogen-bond donors (Lipinski definition) is 3. The first-order valence-electron chi connectivity index (χ1n) is 13.3. The van der Waals surface area contributed by atoms with Gasteiger partial charge in [-0.05, 0) is 54.0 Å². The first-order valence-corrected chi connectivity index (χ1v) is 13.6. The van der Waals surface area contributed by atoms with Gasteiger partial charge in [0.2, 0.25) is 17.7 Å². The van der Waals surface area contributed by atoms with E-state index in [4.69, 9.17) is 17.3 Å². The van der Waals surface area contributed by atoms with E-state index < -0.39 is 17.5 Å². The number of rotatable bonds is 9. The van der Waals surface area contributed by atoms with Gasteiger partial charge in [0.15, 0.2) is 0 Å². The SMILES string of the molecule is CC(C)Cn1c2c(c3ccccc31)C[C@@](NC(=O)Cc1ccc(Cl)cc1)(C(=O)N[C@H](C(N)=O)C(C)C)CC2. The smallest absolute Gasteiger partial charge is 0.246 e. The van der Waals surface area contributed by atoms with Gasteiger partial charge in [-0.15, -0.1) is 0 Å². The number of carbonyl (C=O) groups excluding carboxylic acids is 3.